The molecule has 9 heteroatoms. The van der Waals surface area contributed by atoms with E-state index in [0.29, 0.717) is 11.3 Å². The first kappa shape index (κ1) is 23.4. The predicted octanol–water partition coefficient (Wildman–Crippen LogP) is -5.95. The number of rotatable bonds is 4. The summed E-state index contributed by atoms with van der Waals surface area (Å²) >= 11 is 0. The Labute approximate surface area is 173 Å². The van der Waals surface area contributed by atoms with Gasteiger partial charge in [-0.15, -0.1) is 6.42 Å². The van der Waals surface area contributed by atoms with Crippen LogP contribution in [-0.2, 0) is 0 Å². The molecule has 2 rings (SSSR count). The van der Waals surface area contributed by atoms with Crippen LogP contribution in [0.5, 0.6) is 0 Å². The van der Waals surface area contributed by atoms with E-state index in [-0.39, 0.29) is 43.4 Å². The van der Waals surface area contributed by atoms with Crippen LogP contribution in [0.3, 0.4) is 0 Å². The van der Waals surface area contributed by atoms with Crippen molar-refractivity contribution in [2.75, 3.05) is 10.6 Å². The molecular weight excluding hydrogens is 326 g/mol. The van der Waals surface area contributed by atoms with Gasteiger partial charge in [-0.1, -0.05) is 5.92 Å². The van der Waals surface area contributed by atoms with Crippen LogP contribution in [0.2, 0.25) is 0 Å². The first-order valence-electron chi connectivity index (χ1n) is 6.61. The molecular formula is C17H10Li2N2O5. The molecule has 26 heavy (non-hydrogen) atoms. The van der Waals surface area contributed by atoms with E-state index in [0.717, 1.165) is 18.2 Å². The third-order valence-electron chi connectivity index (χ3n) is 2.97. The quantitative estimate of drug-likeness (QED) is 0.425. The van der Waals surface area contributed by atoms with Crippen molar-refractivity contribution < 1.29 is 62.3 Å². The number of amides is 2. The van der Waals surface area contributed by atoms with Crippen LogP contribution in [0.25, 0.3) is 0 Å². The van der Waals surface area contributed by atoms with Crippen molar-refractivity contribution in [3.05, 3.63) is 59.2 Å². The minimum Gasteiger partial charge on any atom is -0.545 e. The molecule has 0 bridgehead atoms. The Morgan fingerprint density at radius 1 is 0.808 bits per heavy atom. The molecule has 0 aromatic heterocycles. The van der Waals surface area contributed by atoms with E-state index in [1.165, 1.54) is 0 Å². The van der Waals surface area contributed by atoms with E-state index in [4.69, 9.17) is 6.42 Å². The maximum absolute atomic E-state index is 11.9. The van der Waals surface area contributed by atoms with Gasteiger partial charge < -0.3 is 30.4 Å². The van der Waals surface area contributed by atoms with Gasteiger partial charge in [-0.25, -0.2) is 4.79 Å². The molecule has 0 aliphatic heterocycles. The average molecular weight is 336 g/mol. The van der Waals surface area contributed by atoms with Crippen molar-refractivity contribution in [1.29, 1.82) is 0 Å². The van der Waals surface area contributed by atoms with Crippen LogP contribution in [0, 0.1) is 12.3 Å². The second-order valence-corrected chi connectivity index (χ2v) is 4.67. The van der Waals surface area contributed by atoms with Crippen molar-refractivity contribution in [2.24, 2.45) is 0 Å². The first-order chi connectivity index (χ1) is 11.4. The fraction of sp³-hybridized carbons (Fsp3) is 0. The summed E-state index contributed by atoms with van der Waals surface area (Å²) in [7, 11) is 0. The van der Waals surface area contributed by atoms with Crippen molar-refractivity contribution in [2.45, 2.75) is 0 Å². The maximum Gasteiger partial charge on any atom is 1.00 e. The molecule has 120 valence electrons. The van der Waals surface area contributed by atoms with Gasteiger partial charge in [-0.05, 0) is 53.6 Å². The average Bonchev–Trinajstić information content (AvgIpc) is 2.55. The van der Waals surface area contributed by atoms with Gasteiger partial charge in [-0.2, -0.15) is 0 Å². The Balaban J connectivity index is 0.00000312. The molecule has 0 aliphatic carbocycles. The first-order valence-corrected chi connectivity index (χ1v) is 6.61. The van der Waals surface area contributed by atoms with Crippen LogP contribution in [0.15, 0.2) is 42.5 Å². The van der Waals surface area contributed by atoms with E-state index >= 15 is 0 Å². The Hall–Kier alpha value is -2.60. The zero-order chi connectivity index (χ0) is 17.7. The van der Waals surface area contributed by atoms with Gasteiger partial charge in [0.05, 0.1) is 11.9 Å². The number of hydrogen-bond donors (Lipinski definition) is 2. The van der Waals surface area contributed by atoms with Gasteiger partial charge >= 0.3 is 43.8 Å². The summed E-state index contributed by atoms with van der Waals surface area (Å²) in [4.78, 5) is 33.7. The Kier molecular flexibility index (Phi) is 9.37. The number of anilines is 2. The van der Waals surface area contributed by atoms with Gasteiger partial charge in [0.1, 0.15) is 0 Å². The Morgan fingerprint density at radius 2 is 1.27 bits per heavy atom. The number of carboxylic acids is 2. The van der Waals surface area contributed by atoms with Gasteiger partial charge in [-0.3, -0.25) is 0 Å². The number of hydrogen-bond acceptors (Lipinski definition) is 5. The molecule has 0 heterocycles. The number of nitrogens with one attached hydrogen (secondary N) is 2. The zero-order valence-electron chi connectivity index (χ0n) is 14.2. The molecule has 0 saturated carbocycles. The molecule has 0 aliphatic rings. The number of carbonyl (C=O) groups excluding carboxylic acids is 3. The van der Waals surface area contributed by atoms with Crippen LogP contribution in [0.1, 0.15) is 26.3 Å². The molecule has 0 saturated heterocycles. The summed E-state index contributed by atoms with van der Waals surface area (Å²) in [5.74, 6) is -0.725. The van der Waals surface area contributed by atoms with Crippen LogP contribution >= 0.6 is 0 Å². The molecule has 2 N–H and O–H groups in total. The van der Waals surface area contributed by atoms with E-state index in [1.807, 2.05) is 0 Å². The van der Waals surface area contributed by atoms with Gasteiger partial charge in [0.15, 0.2) is 0 Å². The standard InChI is InChI=1S/C17H12N2O5.2Li/c1-2-10-3-5-13(6-4-10)18-17(24)19-14-8-11(15(20)21)7-12(9-14)16(22)23;;/h1,3-9H,(H,20,21)(H,22,23)(H2,18,19,24);;/q;2*+1/p-2. The van der Waals surface area contributed by atoms with Gasteiger partial charge in [0.2, 0.25) is 0 Å². The van der Waals surface area contributed by atoms with Crippen LogP contribution in [0.4, 0.5) is 16.2 Å². The largest absolute Gasteiger partial charge is 1.00 e. The predicted molar refractivity (Wildman–Crippen MR) is 82.1 cm³/mol. The van der Waals surface area contributed by atoms with Crippen LogP contribution in [-0.4, -0.2) is 18.0 Å². The number of aromatic carboxylic acids is 2. The topological polar surface area (TPSA) is 121 Å². The summed E-state index contributed by atoms with van der Waals surface area (Å²) in [5, 5.41) is 26.6. The van der Waals surface area contributed by atoms with Gasteiger partial charge in [0, 0.05) is 16.9 Å². The third kappa shape index (κ3) is 6.37. The normalized spacial score (nSPS) is 8.88. The molecule has 0 atom stereocenters. The van der Waals surface area contributed by atoms with E-state index in [2.05, 4.69) is 16.6 Å². The summed E-state index contributed by atoms with van der Waals surface area (Å²) in [6.45, 7) is 0. The SMILES string of the molecule is C#Cc1ccc(NC(=O)Nc2cc(C(=O)[O-])cc(C(=O)[O-])c2)cc1.[Li+].[Li+]. The zero-order valence-corrected chi connectivity index (χ0v) is 14.2. The molecule has 0 radical (unpaired) electrons. The van der Waals surface area contributed by atoms with Crippen LogP contribution < -0.4 is 58.6 Å². The minimum atomic E-state index is -1.58. The fourth-order valence-corrected chi connectivity index (χ4v) is 1.88. The number of urea groups is 1. The molecule has 2 amide bonds. The number of benzene rings is 2. The minimum absolute atomic E-state index is 0. The molecule has 2 aromatic rings. The Morgan fingerprint density at radius 3 is 1.69 bits per heavy atom. The summed E-state index contributed by atoms with van der Waals surface area (Å²) in [6.07, 6.45) is 5.22. The monoisotopic (exact) mass is 336 g/mol. The third-order valence-corrected chi connectivity index (χ3v) is 2.97. The van der Waals surface area contributed by atoms with E-state index < -0.39 is 29.1 Å². The van der Waals surface area contributed by atoms with E-state index in [1.54, 1.807) is 24.3 Å². The number of carboxylic acid groups (broad SMARTS) is 2. The fourth-order valence-electron chi connectivity index (χ4n) is 1.88. The second-order valence-electron chi connectivity index (χ2n) is 4.67. The van der Waals surface area contributed by atoms with Crippen molar-refractivity contribution in [3.8, 4) is 12.3 Å². The smallest absolute Gasteiger partial charge is 0.545 e. The molecule has 0 unspecified atom stereocenters. The molecule has 0 fully saturated rings. The van der Waals surface area contributed by atoms with E-state index in [9.17, 15) is 24.6 Å². The van der Waals surface area contributed by atoms with Gasteiger partial charge in [0.25, 0.3) is 0 Å². The summed E-state index contributed by atoms with van der Waals surface area (Å²) < 4.78 is 0. The number of terminal acetylenes is 1. The van der Waals surface area contributed by atoms with Crippen molar-refractivity contribution in [1.82, 2.24) is 0 Å². The Bertz CT molecular complexity index is 828. The summed E-state index contributed by atoms with van der Waals surface area (Å²) in [5.41, 5.74) is 0.258. The molecule has 0 spiro atoms. The molecule has 2 aromatic carbocycles. The number of carbonyl (C=O) groups is 3. The van der Waals surface area contributed by atoms with Crippen molar-refractivity contribution >= 4 is 29.3 Å². The second kappa shape index (κ2) is 10.4. The maximum atomic E-state index is 11.9. The molecule has 7 nitrogen and oxygen atoms in total. The van der Waals surface area contributed by atoms with Crippen molar-refractivity contribution in [3.63, 3.8) is 0 Å². The summed E-state index contributed by atoms with van der Waals surface area (Å²) in [6, 6.07) is 8.75.